The van der Waals surface area contributed by atoms with Gasteiger partial charge in [-0.15, -0.1) is 11.3 Å². The van der Waals surface area contributed by atoms with Crippen LogP contribution in [0, 0.1) is 5.92 Å². The molecule has 9 heteroatoms. The monoisotopic (exact) mass is 385 g/mol. The normalized spacial score (nSPS) is 14.9. The first-order valence-corrected chi connectivity index (χ1v) is 8.87. The van der Waals surface area contributed by atoms with Crippen molar-refractivity contribution in [1.29, 1.82) is 0 Å². The van der Waals surface area contributed by atoms with E-state index in [1.807, 2.05) is 41.0 Å². The molecule has 0 radical (unpaired) electrons. The van der Waals surface area contributed by atoms with Crippen molar-refractivity contribution < 1.29 is 23.9 Å². The summed E-state index contributed by atoms with van der Waals surface area (Å²) < 4.78 is 5.06. The van der Waals surface area contributed by atoms with Crippen LogP contribution in [0.1, 0.15) is 17.3 Å². The van der Waals surface area contributed by atoms with Gasteiger partial charge in [0.2, 0.25) is 11.8 Å². The molecule has 27 heavy (non-hydrogen) atoms. The summed E-state index contributed by atoms with van der Waals surface area (Å²) in [4.78, 5) is 51.9. The second-order valence-electron chi connectivity index (χ2n) is 5.48. The molecule has 0 bridgehead atoms. The van der Waals surface area contributed by atoms with E-state index in [4.69, 9.17) is 4.74 Å². The quantitative estimate of drug-likeness (QED) is 0.466. The molecule has 0 atom stereocenters. The van der Waals surface area contributed by atoms with Crippen LogP contribution >= 0.6 is 11.3 Å². The van der Waals surface area contributed by atoms with Gasteiger partial charge in [-0.1, -0.05) is 30.3 Å². The van der Waals surface area contributed by atoms with Crippen LogP contribution in [-0.4, -0.2) is 36.6 Å². The number of carbonyl (C=O) groups is 4. The van der Waals surface area contributed by atoms with Crippen molar-refractivity contribution in [2.45, 2.75) is 6.92 Å². The van der Waals surface area contributed by atoms with Gasteiger partial charge >= 0.3 is 12.0 Å². The largest absolute Gasteiger partial charge is 0.462 e. The van der Waals surface area contributed by atoms with E-state index in [0.29, 0.717) is 5.00 Å². The third kappa shape index (κ3) is 4.09. The summed E-state index contributed by atoms with van der Waals surface area (Å²) in [6.45, 7) is 1.90. The fourth-order valence-corrected chi connectivity index (χ4v) is 3.39. The van der Waals surface area contributed by atoms with Gasteiger partial charge < -0.3 is 4.74 Å². The Labute approximate surface area is 158 Å². The van der Waals surface area contributed by atoms with E-state index in [1.54, 1.807) is 13.0 Å². The van der Waals surface area contributed by atoms with Crippen LogP contribution in [-0.2, 0) is 14.3 Å². The second-order valence-corrected chi connectivity index (χ2v) is 6.51. The number of benzene rings is 1. The van der Waals surface area contributed by atoms with Gasteiger partial charge in [0, 0.05) is 11.1 Å². The van der Waals surface area contributed by atoms with E-state index in [9.17, 15) is 19.2 Å². The highest BCUT2D eigenvalue weighted by Crippen LogP contribution is 2.37. The zero-order chi connectivity index (χ0) is 19.4. The SMILES string of the molecule is CCOC(=O)c1cc(-c2ccccc2)sc1N=CC1C(=O)NC(=O)NC1=O. The van der Waals surface area contributed by atoms with Crippen molar-refractivity contribution in [2.24, 2.45) is 10.9 Å². The van der Waals surface area contributed by atoms with Gasteiger partial charge in [-0.3, -0.25) is 20.2 Å². The van der Waals surface area contributed by atoms with Gasteiger partial charge in [-0.25, -0.2) is 14.6 Å². The average molecular weight is 385 g/mol. The summed E-state index contributed by atoms with van der Waals surface area (Å²) in [6, 6.07) is 10.2. The van der Waals surface area contributed by atoms with Crippen molar-refractivity contribution in [3.8, 4) is 10.4 Å². The van der Waals surface area contributed by atoms with Crippen LogP contribution in [0.3, 0.4) is 0 Å². The number of thiophene rings is 1. The molecular weight excluding hydrogens is 370 g/mol. The topological polar surface area (TPSA) is 114 Å². The van der Waals surface area contributed by atoms with Gasteiger partial charge in [0.25, 0.3) is 0 Å². The van der Waals surface area contributed by atoms with E-state index in [-0.39, 0.29) is 12.2 Å². The number of hydrogen-bond donors (Lipinski definition) is 2. The smallest absolute Gasteiger partial charge is 0.341 e. The summed E-state index contributed by atoms with van der Waals surface area (Å²) >= 11 is 1.23. The molecule has 2 heterocycles. The van der Waals surface area contributed by atoms with Gasteiger partial charge in [0.05, 0.1) is 12.2 Å². The van der Waals surface area contributed by atoms with E-state index >= 15 is 0 Å². The minimum atomic E-state index is -1.26. The summed E-state index contributed by atoms with van der Waals surface area (Å²) in [5.74, 6) is -3.36. The van der Waals surface area contributed by atoms with Crippen molar-refractivity contribution in [2.75, 3.05) is 6.61 Å². The lowest BCUT2D eigenvalue weighted by molar-refractivity contribution is -0.132. The number of imide groups is 2. The van der Waals surface area contributed by atoms with E-state index in [1.165, 1.54) is 11.3 Å². The Morgan fingerprint density at radius 2 is 1.85 bits per heavy atom. The maximum absolute atomic E-state index is 12.2. The first kappa shape index (κ1) is 18.5. The number of carbonyl (C=O) groups excluding carboxylic acids is 4. The van der Waals surface area contributed by atoms with Crippen molar-refractivity contribution >= 4 is 46.4 Å². The van der Waals surface area contributed by atoms with E-state index in [0.717, 1.165) is 16.7 Å². The van der Waals surface area contributed by atoms with Crippen molar-refractivity contribution in [3.63, 3.8) is 0 Å². The number of nitrogens with one attached hydrogen (secondary N) is 2. The molecule has 0 spiro atoms. The Bertz CT molecular complexity index is 916. The fraction of sp³-hybridized carbons (Fsp3) is 0.167. The van der Waals surface area contributed by atoms with Gasteiger partial charge in [-0.05, 0) is 18.6 Å². The summed E-state index contributed by atoms with van der Waals surface area (Å²) in [5.41, 5.74) is 1.14. The molecule has 1 aliphatic heterocycles. The van der Waals surface area contributed by atoms with Crippen LogP contribution in [0.2, 0.25) is 0 Å². The molecule has 8 nitrogen and oxygen atoms in total. The van der Waals surface area contributed by atoms with Crippen molar-refractivity contribution in [3.05, 3.63) is 42.0 Å². The third-order valence-electron chi connectivity index (χ3n) is 3.65. The highest BCUT2D eigenvalue weighted by atomic mass is 32.1. The number of nitrogens with zero attached hydrogens (tertiary/aromatic N) is 1. The second kappa shape index (κ2) is 7.92. The number of ether oxygens (including phenoxy) is 1. The maximum Gasteiger partial charge on any atom is 0.341 e. The number of rotatable bonds is 5. The molecule has 1 aliphatic rings. The zero-order valence-electron chi connectivity index (χ0n) is 14.2. The van der Waals surface area contributed by atoms with Crippen LogP contribution in [0.4, 0.5) is 9.80 Å². The van der Waals surface area contributed by atoms with E-state index in [2.05, 4.69) is 4.99 Å². The number of amides is 4. The zero-order valence-corrected chi connectivity index (χ0v) is 15.0. The van der Waals surface area contributed by atoms with E-state index < -0.39 is 29.7 Å². The minimum Gasteiger partial charge on any atom is -0.462 e. The molecule has 0 saturated carbocycles. The summed E-state index contributed by atoms with van der Waals surface area (Å²) in [6.07, 6.45) is 1.11. The summed E-state index contributed by atoms with van der Waals surface area (Å²) in [7, 11) is 0. The predicted molar refractivity (Wildman–Crippen MR) is 99.0 cm³/mol. The lowest BCUT2D eigenvalue weighted by Crippen LogP contribution is -2.56. The van der Waals surface area contributed by atoms with Gasteiger partial charge in [0.15, 0.2) is 5.92 Å². The minimum absolute atomic E-state index is 0.202. The predicted octanol–water partition coefficient (Wildman–Crippen LogP) is 2.28. The fourth-order valence-electron chi connectivity index (χ4n) is 2.38. The molecule has 1 fully saturated rings. The Morgan fingerprint density at radius 3 is 2.48 bits per heavy atom. The maximum atomic E-state index is 12.2. The number of urea groups is 1. The highest BCUT2D eigenvalue weighted by molar-refractivity contribution is 7.19. The molecule has 2 N–H and O–H groups in total. The average Bonchev–Trinajstić information content (AvgIpc) is 3.06. The number of esters is 1. The van der Waals surface area contributed by atoms with Crippen LogP contribution in [0.15, 0.2) is 41.4 Å². The van der Waals surface area contributed by atoms with Crippen molar-refractivity contribution in [1.82, 2.24) is 10.6 Å². The lowest BCUT2D eigenvalue weighted by atomic mass is 10.1. The van der Waals surface area contributed by atoms with Gasteiger partial charge in [-0.2, -0.15) is 0 Å². The first-order chi connectivity index (χ1) is 13.0. The Kier molecular flexibility index (Phi) is 5.41. The highest BCUT2D eigenvalue weighted by Gasteiger charge is 2.33. The Balaban J connectivity index is 1.94. The molecule has 0 aliphatic carbocycles. The summed E-state index contributed by atoms with van der Waals surface area (Å²) in [5, 5.41) is 4.30. The molecule has 138 valence electrons. The standard InChI is InChI=1S/C18H15N3O5S/c1-2-26-17(24)11-8-13(10-6-4-3-5-7-10)27-16(11)19-9-12-14(22)20-18(25)21-15(12)23/h3-9,12H,2H2,1H3,(H2,20,21,22,23,25). The van der Waals surface area contributed by atoms with Crippen LogP contribution in [0.5, 0.6) is 0 Å². The molecule has 3 rings (SSSR count). The number of hydrogen-bond acceptors (Lipinski definition) is 7. The van der Waals surface area contributed by atoms with Gasteiger partial charge in [0.1, 0.15) is 5.00 Å². The molecule has 4 amide bonds. The van der Waals surface area contributed by atoms with Crippen LogP contribution < -0.4 is 10.6 Å². The molecule has 2 aromatic rings. The third-order valence-corrected chi connectivity index (χ3v) is 4.74. The molecule has 1 aromatic heterocycles. The Hall–Kier alpha value is -3.33. The molecule has 1 aromatic carbocycles. The Morgan fingerprint density at radius 1 is 1.19 bits per heavy atom. The first-order valence-electron chi connectivity index (χ1n) is 8.06. The van der Waals surface area contributed by atoms with Crippen LogP contribution in [0.25, 0.3) is 10.4 Å². The molecule has 1 saturated heterocycles. The number of aliphatic imine (C=N–C) groups is 1. The molecule has 0 unspecified atom stereocenters. The number of barbiturate groups is 1. The molecular formula is C18H15N3O5S. The lowest BCUT2D eigenvalue weighted by Gasteiger charge is -2.16.